The van der Waals surface area contributed by atoms with Gasteiger partial charge in [0.05, 0.1) is 17.7 Å². The highest BCUT2D eigenvalue weighted by Gasteiger charge is 2.16. The van der Waals surface area contributed by atoms with Gasteiger partial charge in [-0.05, 0) is 34.0 Å². The molecule has 0 bridgehead atoms. The van der Waals surface area contributed by atoms with Crippen LogP contribution < -0.4 is 4.90 Å². The van der Waals surface area contributed by atoms with Crippen molar-refractivity contribution in [3.8, 4) is 0 Å². The second kappa shape index (κ2) is 5.15. The third-order valence-electron chi connectivity index (χ3n) is 2.75. The Balaban J connectivity index is 2.27. The Morgan fingerprint density at radius 2 is 2.00 bits per heavy atom. The lowest BCUT2D eigenvalue weighted by atomic mass is 10.1. The van der Waals surface area contributed by atoms with E-state index < -0.39 is 0 Å². The summed E-state index contributed by atoms with van der Waals surface area (Å²) in [5.74, 6) is 1.52. The molecular formula is C12H17BrN2O. The van der Waals surface area contributed by atoms with Gasteiger partial charge in [-0.25, -0.2) is 4.98 Å². The van der Waals surface area contributed by atoms with E-state index in [4.69, 9.17) is 9.72 Å². The van der Waals surface area contributed by atoms with E-state index in [1.54, 1.807) is 0 Å². The zero-order valence-corrected chi connectivity index (χ0v) is 11.3. The number of hydrogen-bond donors (Lipinski definition) is 0. The van der Waals surface area contributed by atoms with E-state index in [-0.39, 0.29) is 0 Å². The van der Waals surface area contributed by atoms with E-state index in [1.165, 1.54) is 0 Å². The van der Waals surface area contributed by atoms with Gasteiger partial charge in [0.1, 0.15) is 5.82 Å². The van der Waals surface area contributed by atoms with Crippen LogP contribution in [0.5, 0.6) is 0 Å². The van der Waals surface area contributed by atoms with Crippen molar-refractivity contribution in [3.05, 3.63) is 22.3 Å². The molecule has 0 atom stereocenters. The molecule has 1 aromatic rings. The molecule has 1 aromatic heterocycles. The van der Waals surface area contributed by atoms with Crippen molar-refractivity contribution < 1.29 is 4.74 Å². The van der Waals surface area contributed by atoms with E-state index in [1.807, 2.05) is 0 Å². The molecule has 1 aliphatic heterocycles. The summed E-state index contributed by atoms with van der Waals surface area (Å²) in [6.45, 7) is 7.76. The lowest BCUT2D eigenvalue weighted by Crippen LogP contribution is -2.37. The summed E-state index contributed by atoms with van der Waals surface area (Å²) in [7, 11) is 0. The highest BCUT2D eigenvalue weighted by atomic mass is 79.9. The quantitative estimate of drug-likeness (QED) is 0.835. The molecule has 0 radical (unpaired) electrons. The van der Waals surface area contributed by atoms with Gasteiger partial charge < -0.3 is 9.64 Å². The number of morpholine rings is 1. The Labute approximate surface area is 105 Å². The maximum Gasteiger partial charge on any atom is 0.143 e. The fourth-order valence-electron chi connectivity index (χ4n) is 1.76. The second-order valence-electron chi connectivity index (χ2n) is 4.30. The third-order valence-corrected chi connectivity index (χ3v) is 3.37. The summed E-state index contributed by atoms with van der Waals surface area (Å²) >= 11 is 3.57. The number of pyridine rings is 1. The lowest BCUT2D eigenvalue weighted by molar-refractivity contribution is 0.122. The first kappa shape index (κ1) is 11.9. The topological polar surface area (TPSA) is 25.4 Å². The molecule has 0 aliphatic carbocycles. The van der Waals surface area contributed by atoms with Crippen LogP contribution >= 0.6 is 15.9 Å². The standard InChI is InChI=1S/C12H17BrN2O/c1-9(2)11-4-3-10(13)12(14-11)15-5-7-16-8-6-15/h3-4,9H,5-8H2,1-2H3. The zero-order valence-electron chi connectivity index (χ0n) is 9.74. The van der Waals surface area contributed by atoms with E-state index in [0.717, 1.165) is 42.3 Å². The van der Waals surface area contributed by atoms with Crippen LogP contribution in [0.1, 0.15) is 25.5 Å². The van der Waals surface area contributed by atoms with E-state index in [0.29, 0.717) is 5.92 Å². The maximum atomic E-state index is 5.35. The van der Waals surface area contributed by atoms with Crippen LogP contribution in [0.25, 0.3) is 0 Å². The average Bonchev–Trinajstić information content (AvgIpc) is 2.30. The predicted octanol–water partition coefficient (Wildman–Crippen LogP) is 2.80. The van der Waals surface area contributed by atoms with Gasteiger partial charge in [0.25, 0.3) is 0 Å². The largest absolute Gasteiger partial charge is 0.378 e. The Morgan fingerprint density at radius 1 is 1.31 bits per heavy atom. The van der Waals surface area contributed by atoms with Crippen LogP contribution in [0.4, 0.5) is 5.82 Å². The van der Waals surface area contributed by atoms with Gasteiger partial charge in [0.2, 0.25) is 0 Å². The van der Waals surface area contributed by atoms with Gasteiger partial charge in [-0.2, -0.15) is 0 Å². The zero-order chi connectivity index (χ0) is 11.5. The van der Waals surface area contributed by atoms with Gasteiger partial charge in [0, 0.05) is 18.8 Å². The molecule has 1 fully saturated rings. The summed E-state index contributed by atoms with van der Waals surface area (Å²) in [5, 5.41) is 0. The number of anilines is 1. The number of halogens is 1. The molecule has 0 saturated carbocycles. The summed E-state index contributed by atoms with van der Waals surface area (Å²) in [6.07, 6.45) is 0. The van der Waals surface area contributed by atoms with Gasteiger partial charge in [-0.3, -0.25) is 0 Å². The summed E-state index contributed by atoms with van der Waals surface area (Å²) in [6, 6.07) is 4.17. The van der Waals surface area contributed by atoms with Crippen LogP contribution in [0.15, 0.2) is 16.6 Å². The van der Waals surface area contributed by atoms with Crippen molar-refractivity contribution in [3.63, 3.8) is 0 Å². The fraction of sp³-hybridized carbons (Fsp3) is 0.583. The molecule has 88 valence electrons. The SMILES string of the molecule is CC(C)c1ccc(Br)c(N2CCOCC2)n1. The summed E-state index contributed by atoms with van der Waals surface area (Å²) in [4.78, 5) is 7.00. The molecule has 0 spiro atoms. The Bertz CT molecular complexity index is 362. The smallest absolute Gasteiger partial charge is 0.143 e. The summed E-state index contributed by atoms with van der Waals surface area (Å²) in [5.41, 5.74) is 1.14. The Morgan fingerprint density at radius 3 is 2.62 bits per heavy atom. The van der Waals surface area contributed by atoms with Gasteiger partial charge in [-0.1, -0.05) is 13.8 Å². The Hall–Kier alpha value is -0.610. The Kier molecular flexibility index (Phi) is 3.82. The number of hydrogen-bond acceptors (Lipinski definition) is 3. The minimum atomic E-state index is 0.466. The van der Waals surface area contributed by atoms with Crippen molar-refractivity contribution in [1.82, 2.24) is 4.98 Å². The molecule has 1 aliphatic rings. The molecule has 4 heteroatoms. The fourth-order valence-corrected chi connectivity index (χ4v) is 2.24. The number of ether oxygens (including phenoxy) is 1. The second-order valence-corrected chi connectivity index (χ2v) is 5.15. The molecule has 0 unspecified atom stereocenters. The van der Waals surface area contributed by atoms with Crippen molar-refractivity contribution in [1.29, 1.82) is 0 Å². The molecule has 3 nitrogen and oxygen atoms in total. The normalized spacial score (nSPS) is 16.9. The molecular weight excluding hydrogens is 268 g/mol. The van der Waals surface area contributed by atoms with Crippen LogP contribution in [-0.2, 0) is 4.74 Å². The molecule has 16 heavy (non-hydrogen) atoms. The first-order chi connectivity index (χ1) is 7.68. The highest BCUT2D eigenvalue weighted by molar-refractivity contribution is 9.10. The molecule has 0 aromatic carbocycles. The minimum Gasteiger partial charge on any atom is -0.378 e. The number of rotatable bonds is 2. The third kappa shape index (κ3) is 2.55. The molecule has 1 saturated heterocycles. The maximum absolute atomic E-state index is 5.35. The van der Waals surface area contributed by atoms with Gasteiger partial charge >= 0.3 is 0 Å². The first-order valence-corrected chi connectivity index (χ1v) is 6.47. The van der Waals surface area contributed by atoms with Gasteiger partial charge in [-0.15, -0.1) is 0 Å². The summed E-state index contributed by atoms with van der Waals surface area (Å²) < 4.78 is 6.42. The molecule has 0 amide bonds. The lowest BCUT2D eigenvalue weighted by Gasteiger charge is -2.29. The van der Waals surface area contributed by atoms with Gasteiger partial charge in [0.15, 0.2) is 0 Å². The van der Waals surface area contributed by atoms with Crippen molar-refractivity contribution in [2.45, 2.75) is 19.8 Å². The first-order valence-electron chi connectivity index (χ1n) is 5.67. The van der Waals surface area contributed by atoms with E-state index in [9.17, 15) is 0 Å². The van der Waals surface area contributed by atoms with Crippen molar-refractivity contribution in [2.75, 3.05) is 31.2 Å². The number of nitrogens with zero attached hydrogens (tertiary/aromatic N) is 2. The van der Waals surface area contributed by atoms with Crippen LogP contribution in [-0.4, -0.2) is 31.3 Å². The molecule has 0 N–H and O–H groups in total. The predicted molar refractivity (Wildman–Crippen MR) is 69.1 cm³/mol. The molecule has 2 heterocycles. The minimum absolute atomic E-state index is 0.466. The molecule has 2 rings (SSSR count). The van der Waals surface area contributed by atoms with Crippen LogP contribution in [0, 0.1) is 0 Å². The monoisotopic (exact) mass is 284 g/mol. The number of aromatic nitrogens is 1. The highest BCUT2D eigenvalue weighted by Crippen LogP contribution is 2.27. The van der Waals surface area contributed by atoms with Crippen LogP contribution in [0.3, 0.4) is 0 Å². The van der Waals surface area contributed by atoms with Crippen LogP contribution in [0.2, 0.25) is 0 Å². The van der Waals surface area contributed by atoms with Crippen molar-refractivity contribution in [2.24, 2.45) is 0 Å². The van der Waals surface area contributed by atoms with E-state index >= 15 is 0 Å². The average molecular weight is 285 g/mol. The van der Waals surface area contributed by atoms with Crippen molar-refractivity contribution >= 4 is 21.7 Å². The van der Waals surface area contributed by atoms with E-state index in [2.05, 4.69) is 46.8 Å².